The van der Waals surface area contributed by atoms with Crippen LogP contribution < -0.4 is 17.2 Å². The molecule has 0 aromatic carbocycles. The molecule has 0 saturated carbocycles. The van der Waals surface area contributed by atoms with Gasteiger partial charge in [0.1, 0.15) is 5.69 Å². The van der Waals surface area contributed by atoms with Gasteiger partial charge in [-0.05, 0) is 6.07 Å². The van der Waals surface area contributed by atoms with E-state index in [1.807, 2.05) is 0 Å². The van der Waals surface area contributed by atoms with Gasteiger partial charge in [-0.1, -0.05) is 0 Å². The molecule has 1 aromatic heterocycles. The molecule has 0 aliphatic heterocycles. The van der Waals surface area contributed by atoms with Crippen molar-refractivity contribution in [2.24, 2.45) is 5.73 Å². The first-order chi connectivity index (χ1) is 6.06. The van der Waals surface area contributed by atoms with Crippen molar-refractivity contribution in [3.8, 4) is 0 Å². The number of nitrogen functional groups attached to an aromatic ring is 2. The van der Waals surface area contributed by atoms with E-state index in [1.54, 1.807) is 0 Å². The molecule has 1 rings (SSSR count). The molecule has 1 aromatic rings. The van der Waals surface area contributed by atoms with E-state index in [0.717, 1.165) is 6.07 Å². The molecule has 0 fully saturated rings. The monoisotopic (exact) mass is 188 g/mol. The van der Waals surface area contributed by atoms with Crippen molar-refractivity contribution in [2.45, 2.75) is 13.0 Å². The maximum Gasteiger partial charge on any atom is 0.280 e. The Hall–Kier alpha value is -1.43. The second-order valence-corrected chi connectivity index (χ2v) is 2.50. The Labute approximate surface area is 73.7 Å². The molecule has 0 saturated heterocycles. The number of aromatic nitrogens is 1. The molecule has 0 amide bonds. The molecule has 0 spiro atoms. The van der Waals surface area contributed by atoms with Crippen molar-refractivity contribution in [3.05, 3.63) is 17.5 Å². The van der Waals surface area contributed by atoms with Crippen LogP contribution in [-0.2, 0) is 6.54 Å². The third-order valence-electron chi connectivity index (χ3n) is 1.61. The summed E-state index contributed by atoms with van der Waals surface area (Å²) in [5.74, 6) is 0. The zero-order valence-corrected chi connectivity index (χ0v) is 6.80. The van der Waals surface area contributed by atoms with Crippen LogP contribution in [0, 0.1) is 0 Å². The number of anilines is 2. The zero-order valence-electron chi connectivity index (χ0n) is 6.80. The van der Waals surface area contributed by atoms with E-state index in [-0.39, 0.29) is 23.6 Å². The second kappa shape index (κ2) is 3.53. The van der Waals surface area contributed by atoms with E-state index in [4.69, 9.17) is 17.2 Å². The number of rotatable bonds is 2. The lowest BCUT2D eigenvalue weighted by atomic mass is 10.2. The second-order valence-electron chi connectivity index (χ2n) is 2.50. The first-order valence-corrected chi connectivity index (χ1v) is 3.59. The third kappa shape index (κ3) is 1.83. The van der Waals surface area contributed by atoms with Crippen molar-refractivity contribution < 1.29 is 8.78 Å². The van der Waals surface area contributed by atoms with Gasteiger partial charge >= 0.3 is 0 Å². The highest BCUT2D eigenvalue weighted by atomic mass is 19.3. The Balaban J connectivity index is 3.22. The minimum Gasteiger partial charge on any atom is -0.397 e. The fraction of sp³-hybridized carbons (Fsp3) is 0.286. The van der Waals surface area contributed by atoms with E-state index in [1.165, 1.54) is 0 Å². The summed E-state index contributed by atoms with van der Waals surface area (Å²) in [4.78, 5) is 3.57. The van der Waals surface area contributed by atoms with Gasteiger partial charge in [0.2, 0.25) is 0 Å². The van der Waals surface area contributed by atoms with Crippen LogP contribution in [-0.4, -0.2) is 4.98 Å². The molecule has 0 aliphatic rings. The van der Waals surface area contributed by atoms with Crippen LogP contribution in [0.1, 0.15) is 17.8 Å². The van der Waals surface area contributed by atoms with Gasteiger partial charge in [0, 0.05) is 6.54 Å². The number of alkyl halides is 2. The first kappa shape index (κ1) is 9.66. The molecule has 6 N–H and O–H groups in total. The Morgan fingerprint density at radius 2 is 2.00 bits per heavy atom. The van der Waals surface area contributed by atoms with Gasteiger partial charge in [-0.2, -0.15) is 0 Å². The van der Waals surface area contributed by atoms with Crippen molar-refractivity contribution in [3.63, 3.8) is 0 Å². The summed E-state index contributed by atoms with van der Waals surface area (Å²) < 4.78 is 24.4. The average molecular weight is 188 g/mol. The summed E-state index contributed by atoms with van der Waals surface area (Å²) in [6.45, 7) is -0.00338. The number of pyridine rings is 1. The Kier molecular flexibility index (Phi) is 2.62. The quantitative estimate of drug-likeness (QED) is 0.635. The summed E-state index contributed by atoms with van der Waals surface area (Å²) in [6.07, 6.45) is -2.66. The van der Waals surface area contributed by atoms with Gasteiger partial charge in [-0.25, -0.2) is 13.8 Å². The topological polar surface area (TPSA) is 90.9 Å². The van der Waals surface area contributed by atoms with Gasteiger partial charge in [-0.3, -0.25) is 0 Å². The lowest BCUT2D eigenvalue weighted by Gasteiger charge is -2.08. The van der Waals surface area contributed by atoms with Crippen LogP contribution in [0.15, 0.2) is 6.07 Å². The van der Waals surface area contributed by atoms with Gasteiger partial charge in [0.15, 0.2) is 0 Å². The average Bonchev–Trinajstić information content (AvgIpc) is 2.09. The number of hydrogen-bond donors (Lipinski definition) is 3. The van der Waals surface area contributed by atoms with Gasteiger partial charge in [-0.15, -0.1) is 0 Å². The minimum absolute atomic E-state index is 0.00338. The van der Waals surface area contributed by atoms with Crippen LogP contribution in [0.2, 0.25) is 0 Å². The van der Waals surface area contributed by atoms with Gasteiger partial charge in [0.25, 0.3) is 6.43 Å². The molecule has 6 heteroatoms. The van der Waals surface area contributed by atoms with Crippen LogP contribution in [0.3, 0.4) is 0 Å². The standard InChI is InChI=1S/C7H10F2N4/c8-7(9)4-1-3(11)6(12)5(2-10)13-4/h1,7H,2,10,12H2,(H2,11,13). The highest BCUT2D eigenvalue weighted by Crippen LogP contribution is 2.24. The maximum absolute atomic E-state index is 12.2. The Morgan fingerprint density at radius 3 is 2.46 bits per heavy atom. The summed E-state index contributed by atoms with van der Waals surface area (Å²) in [5.41, 5.74) is 16.1. The fourth-order valence-electron chi connectivity index (χ4n) is 0.919. The van der Waals surface area contributed by atoms with Crippen molar-refractivity contribution in [1.82, 2.24) is 4.98 Å². The van der Waals surface area contributed by atoms with Gasteiger partial charge < -0.3 is 17.2 Å². The molecule has 72 valence electrons. The summed E-state index contributed by atoms with van der Waals surface area (Å²) in [6, 6.07) is 1.05. The number of nitrogens with zero attached hydrogens (tertiary/aromatic N) is 1. The van der Waals surface area contributed by atoms with Crippen LogP contribution in [0.4, 0.5) is 20.2 Å². The molecule has 0 atom stereocenters. The molecular formula is C7H10F2N4. The number of nitrogens with two attached hydrogens (primary N) is 3. The zero-order chi connectivity index (χ0) is 10.0. The molecule has 13 heavy (non-hydrogen) atoms. The summed E-state index contributed by atoms with van der Waals surface area (Å²) >= 11 is 0. The van der Waals surface area contributed by atoms with Gasteiger partial charge in [0.05, 0.1) is 17.1 Å². The molecule has 1 heterocycles. The number of halogens is 2. The molecule has 0 aliphatic carbocycles. The summed E-state index contributed by atoms with van der Waals surface area (Å²) in [7, 11) is 0. The smallest absolute Gasteiger partial charge is 0.280 e. The predicted octanol–water partition coefficient (Wildman–Crippen LogP) is 0.642. The van der Waals surface area contributed by atoms with Crippen LogP contribution in [0.5, 0.6) is 0 Å². The number of hydrogen-bond acceptors (Lipinski definition) is 4. The molecular weight excluding hydrogens is 178 g/mol. The lowest BCUT2D eigenvalue weighted by Crippen LogP contribution is -2.09. The largest absolute Gasteiger partial charge is 0.397 e. The van der Waals surface area contributed by atoms with E-state index in [0.29, 0.717) is 0 Å². The lowest BCUT2D eigenvalue weighted by molar-refractivity contribution is 0.146. The molecule has 0 unspecified atom stereocenters. The molecule has 0 bridgehead atoms. The maximum atomic E-state index is 12.2. The highest BCUT2D eigenvalue weighted by Gasteiger charge is 2.13. The van der Waals surface area contributed by atoms with Crippen molar-refractivity contribution >= 4 is 11.4 Å². The van der Waals surface area contributed by atoms with E-state index in [2.05, 4.69) is 4.98 Å². The third-order valence-corrected chi connectivity index (χ3v) is 1.61. The Morgan fingerprint density at radius 1 is 1.38 bits per heavy atom. The highest BCUT2D eigenvalue weighted by molar-refractivity contribution is 5.66. The van der Waals surface area contributed by atoms with E-state index in [9.17, 15) is 8.78 Å². The van der Waals surface area contributed by atoms with Crippen molar-refractivity contribution in [1.29, 1.82) is 0 Å². The normalized spacial score (nSPS) is 10.8. The molecule has 4 nitrogen and oxygen atoms in total. The van der Waals surface area contributed by atoms with Crippen LogP contribution in [0.25, 0.3) is 0 Å². The van der Waals surface area contributed by atoms with E-state index < -0.39 is 12.1 Å². The minimum atomic E-state index is -2.66. The predicted molar refractivity (Wildman–Crippen MR) is 45.9 cm³/mol. The summed E-state index contributed by atoms with van der Waals surface area (Å²) in [5, 5.41) is 0. The molecule has 0 radical (unpaired) electrons. The van der Waals surface area contributed by atoms with Crippen LogP contribution >= 0.6 is 0 Å². The van der Waals surface area contributed by atoms with Crippen molar-refractivity contribution in [2.75, 3.05) is 11.5 Å². The van der Waals surface area contributed by atoms with E-state index >= 15 is 0 Å². The first-order valence-electron chi connectivity index (χ1n) is 3.59. The fourth-order valence-corrected chi connectivity index (χ4v) is 0.919. The Bertz CT molecular complexity index is 314. The SMILES string of the molecule is NCc1nc(C(F)F)cc(N)c1N.